The predicted molar refractivity (Wildman–Crippen MR) is 87.2 cm³/mol. The van der Waals surface area contributed by atoms with Crippen LogP contribution in [0, 0.1) is 6.92 Å². The lowest BCUT2D eigenvalue weighted by Crippen LogP contribution is -2.26. The van der Waals surface area contributed by atoms with E-state index in [0.29, 0.717) is 13.0 Å². The van der Waals surface area contributed by atoms with Crippen LogP contribution < -0.4 is 10.6 Å². The summed E-state index contributed by atoms with van der Waals surface area (Å²) in [4.78, 5) is 13.9. The highest BCUT2D eigenvalue weighted by molar-refractivity contribution is 5.92. The van der Waals surface area contributed by atoms with Gasteiger partial charge in [-0.2, -0.15) is 0 Å². The molecule has 0 spiro atoms. The van der Waals surface area contributed by atoms with Crippen molar-refractivity contribution < 1.29 is 4.79 Å². The molecule has 2 aromatic carbocycles. The van der Waals surface area contributed by atoms with Crippen molar-refractivity contribution in [3.63, 3.8) is 0 Å². The largest absolute Gasteiger partial charge is 0.326 e. The van der Waals surface area contributed by atoms with Crippen molar-refractivity contribution in [3.05, 3.63) is 65.2 Å². The highest BCUT2D eigenvalue weighted by Crippen LogP contribution is 2.15. The Morgan fingerprint density at radius 3 is 2.14 bits per heavy atom. The second kappa shape index (κ2) is 7.04. The highest BCUT2D eigenvalue weighted by Gasteiger charge is 2.10. The van der Waals surface area contributed by atoms with Crippen LogP contribution in [0.3, 0.4) is 0 Å². The third kappa shape index (κ3) is 4.17. The number of carbonyl (C=O) groups is 1. The maximum atomic E-state index is 12.2. The van der Waals surface area contributed by atoms with E-state index < -0.39 is 0 Å². The topological polar surface area (TPSA) is 46.3 Å². The SMILES string of the molecule is Cc1ccc(CCC(=O)N(C)c2ccc(CN)cc2)cc1. The smallest absolute Gasteiger partial charge is 0.227 e. The molecule has 1 amide bonds. The normalized spacial score (nSPS) is 10.4. The van der Waals surface area contributed by atoms with Gasteiger partial charge in [0.1, 0.15) is 0 Å². The molecule has 0 aromatic heterocycles. The molecule has 21 heavy (non-hydrogen) atoms. The first-order valence-corrected chi connectivity index (χ1v) is 7.21. The van der Waals surface area contributed by atoms with Crippen LogP contribution in [0.2, 0.25) is 0 Å². The lowest BCUT2D eigenvalue weighted by Gasteiger charge is -2.17. The standard InChI is InChI=1S/C18H22N2O/c1-14-3-5-15(6-4-14)9-12-18(21)20(2)17-10-7-16(13-19)8-11-17/h3-8,10-11H,9,12-13,19H2,1-2H3. The monoisotopic (exact) mass is 282 g/mol. The first kappa shape index (κ1) is 15.3. The summed E-state index contributed by atoms with van der Waals surface area (Å²) in [7, 11) is 1.81. The first-order chi connectivity index (χ1) is 10.1. The molecule has 2 rings (SSSR count). The van der Waals surface area contributed by atoms with Crippen molar-refractivity contribution in [2.24, 2.45) is 5.73 Å². The third-order valence-electron chi connectivity index (χ3n) is 3.68. The number of carbonyl (C=O) groups excluding carboxylic acids is 1. The molecular weight excluding hydrogens is 260 g/mol. The van der Waals surface area contributed by atoms with Gasteiger partial charge < -0.3 is 10.6 Å². The van der Waals surface area contributed by atoms with Crippen molar-refractivity contribution in [1.29, 1.82) is 0 Å². The molecule has 3 heteroatoms. The second-order valence-corrected chi connectivity index (χ2v) is 5.31. The summed E-state index contributed by atoms with van der Waals surface area (Å²) < 4.78 is 0. The van der Waals surface area contributed by atoms with Crippen molar-refractivity contribution in [2.45, 2.75) is 26.3 Å². The van der Waals surface area contributed by atoms with Crippen LogP contribution >= 0.6 is 0 Å². The summed E-state index contributed by atoms with van der Waals surface area (Å²) in [6.07, 6.45) is 1.28. The number of hydrogen-bond donors (Lipinski definition) is 1. The molecular formula is C18H22N2O. The minimum atomic E-state index is 0.121. The van der Waals surface area contributed by atoms with Crippen molar-refractivity contribution in [1.82, 2.24) is 0 Å². The average molecular weight is 282 g/mol. The average Bonchev–Trinajstić information content (AvgIpc) is 2.53. The molecule has 3 nitrogen and oxygen atoms in total. The summed E-state index contributed by atoms with van der Waals surface area (Å²) in [5.74, 6) is 0.121. The number of aryl methyl sites for hydroxylation is 2. The fourth-order valence-corrected chi connectivity index (χ4v) is 2.17. The quantitative estimate of drug-likeness (QED) is 0.916. The second-order valence-electron chi connectivity index (χ2n) is 5.31. The molecule has 0 heterocycles. The van der Waals surface area contributed by atoms with Crippen LogP contribution in [-0.4, -0.2) is 13.0 Å². The van der Waals surface area contributed by atoms with Gasteiger partial charge in [0.05, 0.1) is 0 Å². The van der Waals surface area contributed by atoms with E-state index in [2.05, 4.69) is 31.2 Å². The molecule has 0 unspecified atom stereocenters. The Balaban J connectivity index is 1.93. The molecule has 0 bridgehead atoms. The Morgan fingerprint density at radius 2 is 1.57 bits per heavy atom. The molecule has 110 valence electrons. The van der Waals surface area contributed by atoms with Gasteiger partial charge in [0, 0.05) is 25.7 Å². The van der Waals surface area contributed by atoms with Crippen molar-refractivity contribution in [3.8, 4) is 0 Å². The van der Waals surface area contributed by atoms with Gasteiger partial charge in [0.25, 0.3) is 0 Å². The van der Waals surface area contributed by atoms with Gasteiger partial charge in [-0.3, -0.25) is 4.79 Å². The van der Waals surface area contributed by atoms with Gasteiger partial charge in [0.15, 0.2) is 0 Å². The number of nitrogens with two attached hydrogens (primary N) is 1. The summed E-state index contributed by atoms with van der Waals surface area (Å²) in [6, 6.07) is 16.1. The number of hydrogen-bond acceptors (Lipinski definition) is 2. The fourth-order valence-electron chi connectivity index (χ4n) is 2.17. The molecule has 0 fully saturated rings. The summed E-state index contributed by atoms with van der Waals surface area (Å²) in [5, 5.41) is 0. The molecule has 0 radical (unpaired) electrons. The van der Waals surface area contributed by atoms with E-state index in [4.69, 9.17) is 5.73 Å². The Morgan fingerprint density at radius 1 is 1.00 bits per heavy atom. The van der Waals surface area contributed by atoms with E-state index in [9.17, 15) is 4.79 Å². The van der Waals surface area contributed by atoms with E-state index in [1.807, 2.05) is 31.3 Å². The van der Waals surface area contributed by atoms with E-state index in [1.54, 1.807) is 4.90 Å². The van der Waals surface area contributed by atoms with Gasteiger partial charge in [-0.25, -0.2) is 0 Å². The zero-order chi connectivity index (χ0) is 15.2. The minimum Gasteiger partial charge on any atom is -0.326 e. The van der Waals surface area contributed by atoms with E-state index in [-0.39, 0.29) is 5.91 Å². The lowest BCUT2D eigenvalue weighted by atomic mass is 10.1. The van der Waals surface area contributed by atoms with Gasteiger partial charge in [-0.1, -0.05) is 42.0 Å². The Kier molecular flexibility index (Phi) is 5.12. The van der Waals surface area contributed by atoms with E-state index in [0.717, 1.165) is 17.7 Å². The Hall–Kier alpha value is -2.13. The number of amides is 1. The molecule has 0 saturated carbocycles. The summed E-state index contributed by atoms with van der Waals surface area (Å²) >= 11 is 0. The first-order valence-electron chi connectivity index (χ1n) is 7.21. The molecule has 0 saturated heterocycles. The van der Waals surface area contributed by atoms with Crippen LogP contribution in [0.5, 0.6) is 0 Å². The Labute approximate surface area is 126 Å². The highest BCUT2D eigenvalue weighted by atomic mass is 16.2. The van der Waals surface area contributed by atoms with E-state index in [1.165, 1.54) is 11.1 Å². The zero-order valence-electron chi connectivity index (χ0n) is 12.7. The van der Waals surface area contributed by atoms with Gasteiger partial charge in [-0.15, -0.1) is 0 Å². The molecule has 0 aliphatic rings. The fraction of sp³-hybridized carbons (Fsp3) is 0.278. The molecule has 0 aliphatic heterocycles. The van der Waals surface area contributed by atoms with Crippen LogP contribution in [0.25, 0.3) is 0 Å². The number of anilines is 1. The molecule has 2 N–H and O–H groups in total. The van der Waals surface area contributed by atoms with Gasteiger partial charge in [-0.05, 0) is 36.6 Å². The predicted octanol–water partition coefficient (Wildman–Crippen LogP) is 3.05. The van der Waals surface area contributed by atoms with Crippen molar-refractivity contribution in [2.75, 3.05) is 11.9 Å². The minimum absolute atomic E-state index is 0.121. The Bertz CT molecular complexity index is 588. The van der Waals surface area contributed by atoms with Gasteiger partial charge in [0.2, 0.25) is 5.91 Å². The van der Waals surface area contributed by atoms with Crippen LogP contribution in [0.4, 0.5) is 5.69 Å². The number of nitrogens with zero attached hydrogens (tertiary/aromatic N) is 1. The van der Waals surface area contributed by atoms with Gasteiger partial charge >= 0.3 is 0 Å². The number of rotatable bonds is 5. The summed E-state index contributed by atoms with van der Waals surface area (Å²) in [6.45, 7) is 2.58. The summed E-state index contributed by atoms with van der Waals surface area (Å²) in [5.41, 5.74) is 9.98. The maximum absolute atomic E-state index is 12.2. The zero-order valence-corrected chi connectivity index (χ0v) is 12.7. The number of benzene rings is 2. The van der Waals surface area contributed by atoms with Crippen LogP contribution in [0.1, 0.15) is 23.1 Å². The molecule has 2 aromatic rings. The third-order valence-corrected chi connectivity index (χ3v) is 3.68. The van der Waals surface area contributed by atoms with Crippen molar-refractivity contribution >= 4 is 11.6 Å². The molecule has 0 atom stereocenters. The van der Waals surface area contributed by atoms with Crippen LogP contribution in [0.15, 0.2) is 48.5 Å². The van der Waals surface area contributed by atoms with Crippen LogP contribution in [-0.2, 0) is 17.8 Å². The maximum Gasteiger partial charge on any atom is 0.227 e. The van der Waals surface area contributed by atoms with E-state index >= 15 is 0 Å². The lowest BCUT2D eigenvalue weighted by molar-refractivity contribution is -0.118. The molecule has 0 aliphatic carbocycles.